The van der Waals surface area contributed by atoms with Crippen LogP contribution in [-0.2, 0) is 0 Å². The summed E-state index contributed by atoms with van der Waals surface area (Å²) in [5, 5.41) is 1.67. The van der Waals surface area contributed by atoms with E-state index in [4.69, 9.17) is 0 Å². The summed E-state index contributed by atoms with van der Waals surface area (Å²) < 4.78 is 0. The molecule has 0 aliphatic heterocycles. The van der Waals surface area contributed by atoms with E-state index in [-0.39, 0.29) is 0 Å². The van der Waals surface area contributed by atoms with Crippen LogP contribution in [0.3, 0.4) is 0 Å². The Bertz CT molecular complexity index is 332. The summed E-state index contributed by atoms with van der Waals surface area (Å²) in [4.78, 5) is 0. The Hall–Kier alpha value is -0.563. The molecule has 74 valence electrons. The van der Waals surface area contributed by atoms with Gasteiger partial charge in [0.1, 0.15) is 0 Å². The van der Waals surface area contributed by atoms with Crippen LogP contribution >= 0.6 is 0 Å². The van der Waals surface area contributed by atoms with Gasteiger partial charge in [-0.15, -0.1) is 0 Å². The van der Waals surface area contributed by atoms with E-state index < -0.39 is 8.07 Å². The zero-order valence-electron chi connectivity index (χ0n) is 9.03. The lowest BCUT2D eigenvalue weighted by Crippen LogP contribution is -2.42. The van der Waals surface area contributed by atoms with Gasteiger partial charge in [-0.05, 0) is 30.2 Å². The molecule has 3 atom stereocenters. The average molecular weight is 202 g/mol. The van der Waals surface area contributed by atoms with Crippen LogP contribution < -0.4 is 5.19 Å². The molecule has 2 aliphatic rings. The van der Waals surface area contributed by atoms with E-state index in [2.05, 4.69) is 43.4 Å². The molecule has 0 nitrogen and oxygen atoms in total. The second-order valence-electron chi connectivity index (χ2n) is 5.52. The Kier molecular flexibility index (Phi) is 1.70. The van der Waals surface area contributed by atoms with Crippen molar-refractivity contribution in [1.82, 2.24) is 0 Å². The summed E-state index contributed by atoms with van der Waals surface area (Å²) in [5.74, 6) is 2.27. The van der Waals surface area contributed by atoms with E-state index in [0.29, 0.717) is 0 Å². The van der Waals surface area contributed by atoms with Crippen molar-refractivity contribution in [3.05, 3.63) is 30.3 Å². The smallest absolute Gasteiger partial charge is 0.0652 e. The Labute approximate surface area is 87.4 Å². The van der Waals surface area contributed by atoms with Gasteiger partial charge in [0.2, 0.25) is 0 Å². The van der Waals surface area contributed by atoms with Gasteiger partial charge < -0.3 is 0 Å². The molecule has 0 amide bonds. The van der Waals surface area contributed by atoms with E-state index in [1.54, 1.807) is 5.19 Å². The van der Waals surface area contributed by atoms with Crippen molar-refractivity contribution in [2.45, 2.75) is 31.5 Å². The molecule has 0 saturated heterocycles. The van der Waals surface area contributed by atoms with Crippen LogP contribution in [0.25, 0.3) is 0 Å². The predicted octanol–water partition coefficient (Wildman–Crippen LogP) is 3.01. The van der Waals surface area contributed by atoms with Gasteiger partial charge in [0.05, 0.1) is 8.07 Å². The minimum atomic E-state index is -1.11. The lowest BCUT2D eigenvalue weighted by atomic mass is 10.0. The summed E-state index contributed by atoms with van der Waals surface area (Å²) in [7, 11) is -1.11. The van der Waals surface area contributed by atoms with Crippen molar-refractivity contribution < 1.29 is 0 Å². The van der Waals surface area contributed by atoms with Crippen molar-refractivity contribution in [2.75, 3.05) is 0 Å². The first-order valence-electron chi connectivity index (χ1n) is 5.77. The Morgan fingerprint density at radius 1 is 1.00 bits per heavy atom. The molecule has 0 heterocycles. The minimum absolute atomic E-state index is 1.11. The first kappa shape index (κ1) is 8.72. The maximum Gasteiger partial charge on any atom is 0.0842 e. The molecule has 0 aromatic heterocycles. The fourth-order valence-corrected chi connectivity index (χ4v) is 7.78. The van der Waals surface area contributed by atoms with Gasteiger partial charge in [-0.25, -0.2) is 0 Å². The monoisotopic (exact) mass is 202 g/mol. The maximum atomic E-state index is 2.56. The van der Waals surface area contributed by atoms with Gasteiger partial charge in [-0.3, -0.25) is 0 Å². The molecule has 3 rings (SSSR count). The molecular formula is C13H18Si. The van der Waals surface area contributed by atoms with E-state index >= 15 is 0 Å². The normalized spacial score (nSPS) is 34.6. The van der Waals surface area contributed by atoms with Crippen LogP contribution in [0.2, 0.25) is 18.6 Å². The third-order valence-corrected chi connectivity index (χ3v) is 8.86. The molecule has 0 spiro atoms. The molecule has 1 heteroatoms. The topological polar surface area (TPSA) is 0 Å². The van der Waals surface area contributed by atoms with E-state index in [9.17, 15) is 0 Å². The zero-order valence-corrected chi connectivity index (χ0v) is 10.0. The van der Waals surface area contributed by atoms with Gasteiger partial charge >= 0.3 is 0 Å². The fourth-order valence-electron chi connectivity index (χ4n) is 3.49. The van der Waals surface area contributed by atoms with E-state index in [0.717, 1.165) is 17.4 Å². The number of fused-ring (bicyclic) bond motifs is 1. The fraction of sp³-hybridized carbons (Fsp3) is 0.538. The summed E-state index contributed by atoms with van der Waals surface area (Å²) in [6.45, 7) is 5.12. The van der Waals surface area contributed by atoms with Crippen molar-refractivity contribution >= 4 is 13.3 Å². The highest BCUT2D eigenvalue weighted by molar-refractivity contribution is 6.91. The Morgan fingerprint density at radius 2 is 1.57 bits per heavy atom. The molecule has 2 saturated carbocycles. The van der Waals surface area contributed by atoms with Crippen LogP contribution in [0.5, 0.6) is 0 Å². The summed E-state index contributed by atoms with van der Waals surface area (Å²) >= 11 is 0. The van der Waals surface area contributed by atoms with Crippen molar-refractivity contribution in [1.29, 1.82) is 0 Å². The molecule has 0 N–H and O–H groups in total. The first-order chi connectivity index (χ1) is 6.71. The third kappa shape index (κ3) is 1.05. The average Bonchev–Trinajstić information content (AvgIpc) is 2.70. The van der Waals surface area contributed by atoms with Gasteiger partial charge in [-0.1, -0.05) is 48.6 Å². The van der Waals surface area contributed by atoms with Crippen LogP contribution in [0.1, 0.15) is 12.8 Å². The van der Waals surface area contributed by atoms with Gasteiger partial charge in [0.25, 0.3) is 0 Å². The molecule has 2 fully saturated rings. The first-order valence-corrected chi connectivity index (χ1v) is 8.84. The highest BCUT2D eigenvalue weighted by atomic mass is 28.3. The Balaban J connectivity index is 1.89. The maximum absolute atomic E-state index is 2.56. The molecule has 2 aliphatic carbocycles. The van der Waals surface area contributed by atoms with Crippen LogP contribution in [-0.4, -0.2) is 8.07 Å². The molecule has 0 radical (unpaired) electrons. The lowest BCUT2D eigenvalue weighted by molar-refractivity contribution is 0.468. The molecule has 1 aromatic rings. The van der Waals surface area contributed by atoms with Gasteiger partial charge in [-0.2, -0.15) is 0 Å². The van der Waals surface area contributed by atoms with Crippen molar-refractivity contribution in [2.24, 2.45) is 11.8 Å². The van der Waals surface area contributed by atoms with Crippen LogP contribution in [0.15, 0.2) is 30.3 Å². The van der Waals surface area contributed by atoms with E-state index in [1.807, 2.05) is 0 Å². The number of hydrogen-bond acceptors (Lipinski definition) is 0. The zero-order chi connectivity index (χ0) is 9.76. The molecule has 1 unspecified atom stereocenters. The predicted molar refractivity (Wildman–Crippen MR) is 63.5 cm³/mol. The van der Waals surface area contributed by atoms with Gasteiger partial charge in [0.15, 0.2) is 0 Å². The van der Waals surface area contributed by atoms with Crippen LogP contribution in [0.4, 0.5) is 0 Å². The molecule has 14 heavy (non-hydrogen) atoms. The standard InChI is InChI=1S/C13H18Si/c1-14(2,10-6-4-3-5-7-10)13-11-8-9-12(11)13/h3-7,11-13H,8-9H2,1-2H3/t11-,12+,13?. The SMILES string of the molecule is C[Si](C)(c1ccccc1)C1[C@H]2CC[C@@H]12. The largest absolute Gasteiger partial charge is 0.0842 e. The number of hydrogen-bond donors (Lipinski definition) is 0. The quantitative estimate of drug-likeness (QED) is 0.647. The Morgan fingerprint density at radius 3 is 2.07 bits per heavy atom. The van der Waals surface area contributed by atoms with Crippen molar-refractivity contribution in [3.63, 3.8) is 0 Å². The minimum Gasteiger partial charge on any atom is -0.0652 e. The second kappa shape index (κ2) is 2.72. The summed E-state index contributed by atoms with van der Waals surface area (Å²) in [5.41, 5.74) is 1.12. The lowest BCUT2D eigenvalue weighted by Gasteiger charge is -2.22. The number of rotatable bonds is 2. The van der Waals surface area contributed by atoms with E-state index in [1.165, 1.54) is 12.8 Å². The highest BCUT2D eigenvalue weighted by Crippen LogP contribution is 2.69. The van der Waals surface area contributed by atoms with Crippen molar-refractivity contribution in [3.8, 4) is 0 Å². The van der Waals surface area contributed by atoms with Gasteiger partial charge in [0, 0.05) is 0 Å². The summed E-state index contributed by atoms with van der Waals surface area (Å²) in [6, 6.07) is 11.2. The molecular weight excluding hydrogens is 184 g/mol. The highest BCUT2D eigenvalue weighted by Gasteiger charge is 2.62. The third-order valence-electron chi connectivity index (χ3n) is 4.52. The number of benzene rings is 1. The summed E-state index contributed by atoms with van der Waals surface area (Å²) in [6.07, 6.45) is 3.05. The molecule has 1 aromatic carbocycles. The van der Waals surface area contributed by atoms with Crippen LogP contribution in [0, 0.1) is 11.8 Å². The molecule has 0 bridgehead atoms. The second-order valence-corrected chi connectivity index (χ2v) is 10.2.